The van der Waals surface area contributed by atoms with Gasteiger partial charge in [0.15, 0.2) is 11.5 Å². The molecule has 1 atom stereocenters. The highest BCUT2D eigenvalue weighted by atomic mass is 16.5. The van der Waals surface area contributed by atoms with Crippen molar-refractivity contribution in [2.24, 2.45) is 0 Å². The summed E-state index contributed by atoms with van der Waals surface area (Å²) in [5, 5.41) is 2.68. The zero-order valence-corrected chi connectivity index (χ0v) is 15.7. The fourth-order valence-corrected chi connectivity index (χ4v) is 3.48. The van der Waals surface area contributed by atoms with Gasteiger partial charge in [0.2, 0.25) is 5.91 Å². The first kappa shape index (κ1) is 19.0. The summed E-state index contributed by atoms with van der Waals surface area (Å²) in [7, 11) is 3.08. The lowest BCUT2D eigenvalue weighted by Gasteiger charge is -2.16. The van der Waals surface area contributed by atoms with E-state index in [1.807, 2.05) is 4.90 Å². The minimum absolute atomic E-state index is 0.0490. The van der Waals surface area contributed by atoms with E-state index in [1.165, 1.54) is 12.0 Å². The number of urea groups is 1. The number of benzene rings is 1. The van der Waals surface area contributed by atoms with Crippen molar-refractivity contribution >= 4 is 17.8 Å². The summed E-state index contributed by atoms with van der Waals surface area (Å²) in [5.41, 5.74) is 0.755. The standard InChI is InChI=1S/C19H25N3O5/c1-26-15-7-5-13(11-16(15)27-2)12-22-18(24)14(20-19(22)25)6-8-17(23)21-9-3-4-10-21/h5,7,11,14H,3-4,6,8-10,12H2,1-2H3,(H,20,25)/t14-/m0/s1. The van der Waals surface area contributed by atoms with Gasteiger partial charge in [0.05, 0.1) is 20.8 Å². The van der Waals surface area contributed by atoms with Crippen LogP contribution in [0.25, 0.3) is 0 Å². The Labute approximate surface area is 158 Å². The number of hydrogen-bond acceptors (Lipinski definition) is 5. The topological polar surface area (TPSA) is 88.2 Å². The summed E-state index contributed by atoms with van der Waals surface area (Å²) in [6, 6.07) is 4.17. The van der Waals surface area contributed by atoms with Crippen molar-refractivity contribution in [1.29, 1.82) is 0 Å². The summed E-state index contributed by atoms with van der Waals surface area (Å²) in [4.78, 5) is 40.0. The number of hydrogen-bond donors (Lipinski definition) is 1. The first-order chi connectivity index (χ1) is 13.0. The second-order valence-corrected chi connectivity index (χ2v) is 6.74. The first-order valence-corrected chi connectivity index (χ1v) is 9.14. The van der Waals surface area contributed by atoms with Crippen LogP contribution in [0.2, 0.25) is 0 Å². The van der Waals surface area contributed by atoms with Gasteiger partial charge < -0.3 is 19.7 Å². The van der Waals surface area contributed by atoms with Gasteiger partial charge in [-0.25, -0.2) is 4.79 Å². The van der Waals surface area contributed by atoms with Gasteiger partial charge in [0.25, 0.3) is 5.91 Å². The summed E-state index contributed by atoms with van der Waals surface area (Å²) < 4.78 is 10.5. The lowest BCUT2D eigenvalue weighted by Crippen LogP contribution is -2.33. The number of rotatable bonds is 7. The van der Waals surface area contributed by atoms with Crippen LogP contribution in [0.5, 0.6) is 11.5 Å². The molecule has 8 nitrogen and oxygen atoms in total. The van der Waals surface area contributed by atoms with E-state index in [1.54, 1.807) is 25.3 Å². The maximum Gasteiger partial charge on any atom is 0.325 e. The number of imide groups is 1. The summed E-state index contributed by atoms with van der Waals surface area (Å²) in [6.07, 6.45) is 2.65. The molecule has 8 heteroatoms. The van der Waals surface area contributed by atoms with E-state index in [4.69, 9.17) is 9.47 Å². The SMILES string of the molecule is COc1ccc(CN2C(=O)N[C@@H](CCC(=O)N3CCCC3)C2=O)cc1OC. The average Bonchev–Trinajstić information content (AvgIpc) is 3.30. The molecule has 2 heterocycles. The molecule has 2 fully saturated rings. The number of nitrogens with one attached hydrogen (secondary N) is 1. The fraction of sp³-hybridized carbons (Fsp3) is 0.526. The van der Waals surface area contributed by atoms with Gasteiger partial charge in [-0.3, -0.25) is 14.5 Å². The van der Waals surface area contributed by atoms with Gasteiger partial charge in [-0.05, 0) is 37.0 Å². The number of amides is 4. The monoisotopic (exact) mass is 375 g/mol. The number of carbonyl (C=O) groups excluding carboxylic acids is 3. The van der Waals surface area contributed by atoms with Crippen LogP contribution >= 0.6 is 0 Å². The Morgan fingerprint density at radius 1 is 1.15 bits per heavy atom. The van der Waals surface area contributed by atoms with E-state index in [-0.39, 0.29) is 24.8 Å². The van der Waals surface area contributed by atoms with Crippen molar-refractivity contribution in [3.05, 3.63) is 23.8 Å². The number of carbonyl (C=O) groups is 3. The zero-order valence-electron chi connectivity index (χ0n) is 15.7. The highest BCUT2D eigenvalue weighted by molar-refractivity contribution is 6.04. The Hall–Kier alpha value is -2.77. The van der Waals surface area contributed by atoms with Crippen molar-refractivity contribution in [3.63, 3.8) is 0 Å². The van der Waals surface area contributed by atoms with E-state index in [0.29, 0.717) is 17.9 Å². The minimum atomic E-state index is -0.649. The normalized spacial score (nSPS) is 19.4. The van der Waals surface area contributed by atoms with Crippen LogP contribution in [0.3, 0.4) is 0 Å². The predicted octanol–water partition coefficient (Wildman–Crippen LogP) is 1.53. The number of methoxy groups -OCH3 is 2. The van der Waals surface area contributed by atoms with Crippen molar-refractivity contribution in [3.8, 4) is 11.5 Å². The Balaban J connectivity index is 1.59. The molecule has 0 aromatic heterocycles. The van der Waals surface area contributed by atoms with Gasteiger partial charge in [0.1, 0.15) is 6.04 Å². The molecule has 27 heavy (non-hydrogen) atoms. The Morgan fingerprint density at radius 2 is 1.85 bits per heavy atom. The molecule has 0 aliphatic carbocycles. The van der Waals surface area contributed by atoms with Crippen LogP contribution in [0.4, 0.5) is 4.79 Å². The molecule has 146 valence electrons. The van der Waals surface area contributed by atoms with Gasteiger partial charge in [-0.1, -0.05) is 6.07 Å². The summed E-state index contributed by atoms with van der Waals surface area (Å²) in [6.45, 7) is 1.71. The molecule has 2 saturated heterocycles. The molecule has 1 aromatic carbocycles. The van der Waals surface area contributed by atoms with Gasteiger partial charge >= 0.3 is 6.03 Å². The van der Waals surface area contributed by atoms with Gasteiger partial charge in [0, 0.05) is 19.5 Å². The fourth-order valence-electron chi connectivity index (χ4n) is 3.48. The maximum absolute atomic E-state index is 12.6. The number of nitrogens with zero attached hydrogens (tertiary/aromatic N) is 2. The van der Waals surface area contributed by atoms with E-state index in [0.717, 1.165) is 31.5 Å². The molecule has 2 aliphatic rings. The Kier molecular flexibility index (Phi) is 5.83. The van der Waals surface area contributed by atoms with E-state index >= 15 is 0 Å². The van der Waals surface area contributed by atoms with E-state index in [2.05, 4.69) is 5.32 Å². The van der Waals surface area contributed by atoms with Crippen molar-refractivity contribution < 1.29 is 23.9 Å². The third kappa shape index (κ3) is 4.15. The molecule has 1 aromatic rings. The number of likely N-dealkylation sites (tertiary alicyclic amines) is 1. The second kappa shape index (κ2) is 8.28. The molecule has 0 saturated carbocycles. The highest BCUT2D eigenvalue weighted by Crippen LogP contribution is 2.28. The molecule has 1 N–H and O–H groups in total. The molecule has 2 aliphatic heterocycles. The number of ether oxygens (including phenoxy) is 2. The lowest BCUT2D eigenvalue weighted by molar-refractivity contribution is -0.131. The Bertz CT molecular complexity index is 730. The quantitative estimate of drug-likeness (QED) is 0.730. The maximum atomic E-state index is 12.6. The molecule has 0 bridgehead atoms. The molecule has 0 unspecified atom stereocenters. The van der Waals surface area contributed by atoms with Crippen LogP contribution in [0.1, 0.15) is 31.2 Å². The van der Waals surface area contributed by atoms with Crippen molar-refractivity contribution in [2.45, 2.75) is 38.3 Å². The van der Waals surface area contributed by atoms with Crippen LogP contribution in [-0.2, 0) is 16.1 Å². The van der Waals surface area contributed by atoms with Crippen molar-refractivity contribution in [2.75, 3.05) is 27.3 Å². The second-order valence-electron chi connectivity index (χ2n) is 6.74. The summed E-state index contributed by atoms with van der Waals surface area (Å²) >= 11 is 0. The lowest BCUT2D eigenvalue weighted by atomic mass is 10.1. The third-order valence-corrected chi connectivity index (χ3v) is 5.00. The smallest absolute Gasteiger partial charge is 0.325 e. The third-order valence-electron chi connectivity index (χ3n) is 5.00. The van der Waals surface area contributed by atoms with Gasteiger partial charge in [-0.15, -0.1) is 0 Å². The van der Waals surface area contributed by atoms with E-state index < -0.39 is 12.1 Å². The Morgan fingerprint density at radius 3 is 2.52 bits per heavy atom. The molecule has 4 amide bonds. The van der Waals surface area contributed by atoms with Crippen LogP contribution in [-0.4, -0.2) is 61.0 Å². The predicted molar refractivity (Wildman–Crippen MR) is 97.5 cm³/mol. The largest absolute Gasteiger partial charge is 0.493 e. The average molecular weight is 375 g/mol. The van der Waals surface area contributed by atoms with Crippen LogP contribution < -0.4 is 14.8 Å². The van der Waals surface area contributed by atoms with Crippen molar-refractivity contribution in [1.82, 2.24) is 15.1 Å². The molecule has 0 radical (unpaired) electrons. The highest BCUT2D eigenvalue weighted by Gasteiger charge is 2.38. The van der Waals surface area contributed by atoms with Gasteiger partial charge in [-0.2, -0.15) is 0 Å². The van der Waals surface area contributed by atoms with Crippen LogP contribution in [0, 0.1) is 0 Å². The zero-order chi connectivity index (χ0) is 19.4. The molecule has 0 spiro atoms. The van der Waals surface area contributed by atoms with E-state index in [9.17, 15) is 14.4 Å². The summed E-state index contributed by atoms with van der Waals surface area (Å²) in [5.74, 6) is 0.864. The van der Waals surface area contributed by atoms with Crippen LogP contribution in [0.15, 0.2) is 18.2 Å². The molecule has 3 rings (SSSR count). The minimum Gasteiger partial charge on any atom is -0.493 e. The first-order valence-electron chi connectivity index (χ1n) is 9.14. The molecular formula is C19H25N3O5. The molecular weight excluding hydrogens is 350 g/mol.